The van der Waals surface area contributed by atoms with Crippen LogP contribution in [0.1, 0.15) is 23.6 Å². The quantitative estimate of drug-likeness (QED) is 0.921. The van der Waals surface area contributed by atoms with Crippen LogP contribution in [0.5, 0.6) is 5.75 Å². The maximum Gasteiger partial charge on any atom is 0.416 e. The number of aliphatic hydroxyl groups excluding tert-OH is 1. The first-order valence-corrected chi connectivity index (χ1v) is 6.91. The molecule has 0 bridgehead atoms. The van der Waals surface area contributed by atoms with Crippen LogP contribution in [0.3, 0.4) is 0 Å². The molecule has 1 atom stereocenters. The lowest BCUT2D eigenvalue weighted by Crippen LogP contribution is -2.18. The number of nitrogens with zero attached hydrogens (tertiary/aromatic N) is 1. The third kappa shape index (κ3) is 2.78. The van der Waals surface area contributed by atoms with Crippen molar-refractivity contribution < 1.29 is 23.0 Å². The van der Waals surface area contributed by atoms with Crippen LogP contribution in [0, 0.1) is 0 Å². The fourth-order valence-corrected chi connectivity index (χ4v) is 2.52. The fraction of sp³-hybridized carbons (Fsp3) is 0.312. The number of hydrogen-bond donors (Lipinski definition) is 1. The first-order chi connectivity index (χ1) is 10.5. The smallest absolute Gasteiger partial charge is 0.416 e. The highest BCUT2D eigenvalue weighted by molar-refractivity contribution is 5.61. The van der Waals surface area contributed by atoms with Gasteiger partial charge in [0.15, 0.2) is 0 Å². The van der Waals surface area contributed by atoms with E-state index >= 15 is 0 Å². The Kier molecular flexibility index (Phi) is 3.78. The number of fused-ring (bicyclic) bond motifs is 1. The number of aliphatic hydroxyl groups is 1. The van der Waals surface area contributed by atoms with Gasteiger partial charge in [-0.1, -0.05) is 12.1 Å². The summed E-state index contributed by atoms with van der Waals surface area (Å²) in [6, 6.07) is 8.38. The molecule has 1 aliphatic heterocycles. The molecule has 0 saturated heterocycles. The summed E-state index contributed by atoms with van der Waals surface area (Å²) in [5, 5.41) is 9.41. The molecular formula is C16H14F3NO2. The largest absolute Gasteiger partial charge is 0.492 e. The van der Waals surface area contributed by atoms with Gasteiger partial charge in [-0.3, -0.25) is 0 Å². The van der Waals surface area contributed by atoms with E-state index in [1.165, 1.54) is 6.07 Å². The molecule has 1 aromatic heterocycles. The van der Waals surface area contributed by atoms with Crippen molar-refractivity contribution in [2.75, 3.05) is 13.2 Å². The van der Waals surface area contributed by atoms with Crippen molar-refractivity contribution in [3.8, 4) is 17.0 Å². The summed E-state index contributed by atoms with van der Waals surface area (Å²) in [7, 11) is 0. The van der Waals surface area contributed by atoms with Gasteiger partial charge in [-0.05, 0) is 30.7 Å². The lowest BCUT2D eigenvalue weighted by Gasteiger charge is -2.23. The maximum absolute atomic E-state index is 12.8. The minimum atomic E-state index is -4.39. The van der Waals surface area contributed by atoms with E-state index in [9.17, 15) is 18.3 Å². The molecule has 0 spiro atoms. The van der Waals surface area contributed by atoms with Gasteiger partial charge >= 0.3 is 6.18 Å². The van der Waals surface area contributed by atoms with E-state index in [0.717, 1.165) is 12.1 Å². The topological polar surface area (TPSA) is 42.4 Å². The molecule has 116 valence electrons. The number of ether oxygens (including phenoxy) is 1. The van der Waals surface area contributed by atoms with Gasteiger partial charge in [0, 0.05) is 11.5 Å². The number of rotatable bonds is 2. The molecule has 0 aliphatic carbocycles. The average molecular weight is 309 g/mol. The van der Waals surface area contributed by atoms with Gasteiger partial charge in [0.2, 0.25) is 0 Å². The molecule has 0 amide bonds. The van der Waals surface area contributed by atoms with Gasteiger partial charge in [0.05, 0.1) is 30.2 Å². The third-order valence-corrected chi connectivity index (χ3v) is 3.70. The van der Waals surface area contributed by atoms with E-state index < -0.39 is 11.7 Å². The number of pyridine rings is 1. The molecule has 3 rings (SSSR count). The van der Waals surface area contributed by atoms with Crippen molar-refractivity contribution in [1.29, 1.82) is 0 Å². The minimum Gasteiger partial charge on any atom is -0.492 e. The normalized spacial score (nSPS) is 17.7. The molecule has 3 nitrogen and oxygen atoms in total. The maximum atomic E-state index is 12.8. The number of alkyl halides is 3. The SMILES string of the molecule is OCC1CCOc2ccc(-c3cccc(C(F)(F)F)c3)nc21. The average Bonchev–Trinajstić information content (AvgIpc) is 2.53. The van der Waals surface area contributed by atoms with E-state index in [1.807, 2.05) is 0 Å². The Labute approximate surface area is 125 Å². The van der Waals surface area contributed by atoms with E-state index in [2.05, 4.69) is 4.98 Å². The molecule has 2 heterocycles. The highest BCUT2D eigenvalue weighted by Gasteiger charge is 2.30. The predicted molar refractivity (Wildman–Crippen MR) is 74.6 cm³/mol. The van der Waals surface area contributed by atoms with Crippen LogP contribution in [-0.4, -0.2) is 23.3 Å². The van der Waals surface area contributed by atoms with Gasteiger partial charge < -0.3 is 9.84 Å². The van der Waals surface area contributed by atoms with E-state index in [-0.39, 0.29) is 12.5 Å². The first-order valence-electron chi connectivity index (χ1n) is 6.91. The van der Waals surface area contributed by atoms with E-state index in [1.54, 1.807) is 18.2 Å². The van der Waals surface area contributed by atoms with Gasteiger partial charge in [-0.15, -0.1) is 0 Å². The Bertz CT molecular complexity index is 685. The molecule has 6 heteroatoms. The molecule has 0 saturated carbocycles. The summed E-state index contributed by atoms with van der Waals surface area (Å²) in [5.41, 5.74) is 0.719. The molecule has 1 unspecified atom stereocenters. The summed E-state index contributed by atoms with van der Waals surface area (Å²) >= 11 is 0. The van der Waals surface area contributed by atoms with E-state index in [0.29, 0.717) is 35.7 Å². The standard InChI is InChI=1S/C16H14F3NO2/c17-16(18,19)12-3-1-2-10(8-12)13-4-5-14-15(20-13)11(9-21)6-7-22-14/h1-5,8,11,21H,6-7,9H2. The van der Waals surface area contributed by atoms with Gasteiger partial charge in [0.1, 0.15) is 5.75 Å². The van der Waals surface area contributed by atoms with Crippen LogP contribution < -0.4 is 4.74 Å². The summed E-state index contributed by atoms with van der Waals surface area (Å²) in [6.45, 7) is 0.443. The third-order valence-electron chi connectivity index (χ3n) is 3.70. The van der Waals surface area contributed by atoms with Gasteiger partial charge in [0.25, 0.3) is 0 Å². The number of aromatic nitrogens is 1. The van der Waals surface area contributed by atoms with Crippen molar-refractivity contribution in [2.45, 2.75) is 18.5 Å². The zero-order valence-electron chi connectivity index (χ0n) is 11.6. The molecular weight excluding hydrogens is 295 g/mol. The van der Waals surface area contributed by atoms with Crippen LogP contribution >= 0.6 is 0 Å². The Morgan fingerprint density at radius 3 is 2.77 bits per heavy atom. The number of benzene rings is 1. The van der Waals surface area contributed by atoms with Gasteiger partial charge in [-0.25, -0.2) is 4.98 Å². The van der Waals surface area contributed by atoms with Gasteiger partial charge in [-0.2, -0.15) is 13.2 Å². The monoisotopic (exact) mass is 309 g/mol. The molecule has 0 fully saturated rings. The van der Waals surface area contributed by atoms with Crippen LogP contribution in [-0.2, 0) is 6.18 Å². The van der Waals surface area contributed by atoms with Crippen LogP contribution in [0.15, 0.2) is 36.4 Å². The lowest BCUT2D eigenvalue weighted by atomic mass is 9.98. The van der Waals surface area contributed by atoms with E-state index in [4.69, 9.17) is 4.74 Å². The molecule has 1 aliphatic rings. The predicted octanol–water partition coefficient (Wildman–Crippen LogP) is 3.63. The summed E-state index contributed by atoms with van der Waals surface area (Å²) in [4.78, 5) is 4.41. The Hall–Kier alpha value is -2.08. The van der Waals surface area contributed by atoms with Crippen molar-refractivity contribution in [1.82, 2.24) is 4.98 Å². The van der Waals surface area contributed by atoms with Crippen LogP contribution in [0.25, 0.3) is 11.3 Å². The minimum absolute atomic E-state index is 0.0601. The first kappa shape index (κ1) is 14.8. The summed E-state index contributed by atoms with van der Waals surface area (Å²) < 4.78 is 43.9. The Morgan fingerprint density at radius 2 is 2.05 bits per heavy atom. The molecule has 2 aromatic rings. The van der Waals surface area contributed by atoms with Crippen LogP contribution in [0.4, 0.5) is 13.2 Å². The summed E-state index contributed by atoms with van der Waals surface area (Å²) in [6.07, 6.45) is -3.75. The molecule has 1 aromatic carbocycles. The van der Waals surface area contributed by atoms with Crippen molar-refractivity contribution in [3.63, 3.8) is 0 Å². The molecule has 1 N–H and O–H groups in total. The zero-order chi connectivity index (χ0) is 15.7. The second-order valence-electron chi connectivity index (χ2n) is 5.18. The number of halogens is 3. The Balaban J connectivity index is 2.03. The molecule has 22 heavy (non-hydrogen) atoms. The second kappa shape index (κ2) is 5.61. The highest BCUT2D eigenvalue weighted by atomic mass is 19.4. The van der Waals surface area contributed by atoms with Crippen LogP contribution in [0.2, 0.25) is 0 Å². The fourth-order valence-electron chi connectivity index (χ4n) is 2.52. The second-order valence-corrected chi connectivity index (χ2v) is 5.18. The van der Waals surface area contributed by atoms with Crippen molar-refractivity contribution >= 4 is 0 Å². The Morgan fingerprint density at radius 1 is 1.23 bits per heavy atom. The van der Waals surface area contributed by atoms with Crippen molar-refractivity contribution in [3.05, 3.63) is 47.7 Å². The zero-order valence-corrected chi connectivity index (χ0v) is 11.6. The number of hydrogen-bond acceptors (Lipinski definition) is 3. The summed E-state index contributed by atoms with van der Waals surface area (Å²) in [5.74, 6) is 0.440. The molecule has 0 radical (unpaired) electrons. The van der Waals surface area contributed by atoms with Crippen molar-refractivity contribution in [2.24, 2.45) is 0 Å². The highest BCUT2D eigenvalue weighted by Crippen LogP contribution is 2.35. The lowest BCUT2D eigenvalue weighted by molar-refractivity contribution is -0.137.